The van der Waals surface area contributed by atoms with Crippen molar-refractivity contribution in [2.24, 2.45) is 0 Å². The molecule has 0 radical (unpaired) electrons. The highest BCUT2D eigenvalue weighted by Gasteiger charge is 2.32. The maximum Gasteiger partial charge on any atom is 0.266 e. The van der Waals surface area contributed by atoms with Crippen LogP contribution in [0.3, 0.4) is 0 Å². The summed E-state index contributed by atoms with van der Waals surface area (Å²) in [7, 11) is 0. The number of hydrogen-bond acceptors (Lipinski definition) is 5. The van der Waals surface area contributed by atoms with Crippen molar-refractivity contribution < 1.29 is 18.0 Å². The molecule has 3 heterocycles. The van der Waals surface area contributed by atoms with Gasteiger partial charge in [0.2, 0.25) is 0 Å². The predicted octanol–water partition coefficient (Wildman–Crippen LogP) is 5.08. The number of carbonyl (C=O) groups is 1. The molecule has 0 saturated carbocycles. The summed E-state index contributed by atoms with van der Waals surface area (Å²) in [6.45, 7) is 0.285. The van der Waals surface area contributed by atoms with Crippen LogP contribution in [0.15, 0.2) is 68.5 Å². The van der Waals surface area contributed by atoms with E-state index in [1.54, 1.807) is 54.8 Å². The number of nitrogens with zero attached hydrogens (tertiary/aromatic N) is 1. The number of halogens is 1. The molecular weight excluding hydrogens is 373 g/mol. The van der Waals surface area contributed by atoms with Crippen LogP contribution in [0, 0.1) is 5.82 Å². The number of furan rings is 2. The molecule has 1 aliphatic rings. The first kappa shape index (κ1) is 16.8. The van der Waals surface area contributed by atoms with E-state index >= 15 is 0 Å². The lowest BCUT2D eigenvalue weighted by Gasteiger charge is -2.11. The molecule has 0 unspecified atom stereocenters. The third-order valence-electron chi connectivity index (χ3n) is 3.81. The van der Waals surface area contributed by atoms with Crippen LogP contribution in [0.1, 0.15) is 11.5 Å². The molecule has 1 fully saturated rings. The van der Waals surface area contributed by atoms with Crippen molar-refractivity contribution in [3.05, 3.63) is 77.0 Å². The molecule has 26 heavy (non-hydrogen) atoms. The first-order valence-electron chi connectivity index (χ1n) is 7.74. The first-order chi connectivity index (χ1) is 12.6. The van der Waals surface area contributed by atoms with Gasteiger partial charge in [0.1, 0.15) is 27.4 Å². The molecule has 7 heteroatoms. The lowest BCUT2D eigenvalue weighted by atomic mass is 10.1. The van der Waals surface area contributed by atoms with Crippen molar-refractivity contribution in [2.75, 3.05) is 0 Å². The van der Waals surface area contributed by atoms with Gasteiger partial charge in [0.05, 0.1) is 23.3 Å². The van der Waals surface area contributed by atoms with E-state index in [1.165, 1.54) is 22.7 Å². The highest BCUT2D eigenvalue weighted by molar-refractivity contribution is 8.26. The van der Waals surface area contributed by atoms with Crippen LogP contribution < -0.4 is 0 Å². The molecule has 1 aliphatic heterocycles. The summed E-state index contributed by atoms with van der Waals surface area (Å²) in [5, 5.41) is 0. The quantitative estimate of drug-likeness (QED) is 0.463. The number of benzene rings is 1. The highest BCUT2D eigenvalue weighted by Crippen LogP contribution is 2.34. The molecule has 3 aromatic rings. The van der Waals surface area contributed by atoms with E-state index in [1.807, 2.05) is 0 Å². The number of thiocarbonyl (C=S) groups is 1. The number of rotatable bonds is 4. The zero-order valence-corrected chi connectivity index (χ0v) is 15.0. The van der Waals surface area contributed by atoms with Gasteiger partial charge in [0, 0.05) is 6.08 Å². The van der Waals surface area contributed by atoms with E-state index in [4.69, 9.17) is 21.1 Å². The summed E-state index contributed by atoms with van der Waals surface area (Å²) < 4.78 is 25.3. The fourth-order valence-corrected chi connectivity index (χ4v) is 3.80. The van der Waals surface area contributed by atoms with Crippen LogP contribution in [0.2, 0.25) is 0 Å². The maximum absolute atomic E-state index is 13.9. The molecule has 1 aromatic carbocycles. The van der Waals surface area contributed by atoms with E-state index in [2.05, 4.69) is 0 Å². The largest absolute Gasteiger partial charge is 0.467 e. The Kier molecular flexibility index (Phi) is 4.48. The van der Waals surface area contributed by atoms with Gasteiger partial charge in [-0.25, -0.2) is 4.39 Å². The van der Waals surface area contributed by atoms with Crippen LogP contribution in [0.4, 0.5) is 4.39 Å². The number of thioether (sulfide) groups is 1. The van der Waals surface area contributed by atoms with Gasteiger partial charge in [0.15, 0.2) is 0 Å². The fraction of sp³-hybridized carbons (Fsp3) is 0.0526. The maximum atomic E-state index is 13.9. The Hall–Kier alpha value is -2.64. The molecule has 0 spiro atoms. The van der Waals surface area contributed by atoms with E-state index < -0.39 is 0 Å². The molecule has 4 nitrogen and oxygen atoms in total. The van der Waals surface area contributed by atoms with Crippen molar-refractivity contribution in [1.82, 2.24) is 4.90 Å². The third-order valence-corrected chi connectivity index (χ3v) is 5.18. The second-order valence-corrected chi connectivity index (χ2v) is 7.20. The summed E-state index contributed by atoms with van der Waals surface area (Å²) >= 11 is 6.49. The molecule has 1 saturated heterocycles. The predicted molar refractivity (Wildman–Crippen MR) is 102 cm³/mol. The van der Waals surface area contributed by atoms with E-state index in [9.17, 15) is 9.18 Å². The SMILES string of the molecule is O=C1/C(=C/c2ccc(-c3ccccc3F)o2)SC(=S)N1Cc1ccco1. The fourth-order valence-electron chi connectivity index (χ4n) is 2.56. The van der Waals surface area contributed by atoms with Crippen LogP contribution in [0.25, 0.3) is 17.4 Å². The molecule has 0 N–H and O–H groups in total. The van der Waals surface area contributed by atoms with Gasteiger partial charge in [-0.05, 0) is 36.4 Å². The standard InChI is InChI=1S/C19H12FNO3S2/c20-15-6-2-1-5-14(15)16-8-7-12(24-16)10-17-18(22)21(19(25)26-17)11-13-4-3-9-23-13/h1-10H,11H2/b17-10-. The molecule has 0 atom stereocenters. The molecule has 130 valence electrons. The van der Waals surface area contributed by atoms with Gasteiger partial charge < -0.3 is 8.83 Å². The van der Waals surface area contributed by atoms with Crippen molar-refractivity contribution >= 4 is 40.3 Å². The minimum absolute atomic E-state index is 0.208. The zero-order chi connectivity index (χ0) is 18.1. The average Bonchev–Trinajstić information content (AvgIpc) is 3.35. The average molecular weight is 385 g/mol. The Balaban J connectivity index is 1.56. The van der Waals surface area contributed by atoms with Crippen LogP contribution in [-0.2, 0) is 11.3 Å². The van der Waals surface area contributed by atoms with Gasteiger partial charge in [-0.2, -0.15) is 0 Å². The zero-order valence-electron chi connectivity index (χ0n) is 13.3. The second-order valence-electron chi connectivity index (χ2n) is 5.53. The summed E-state index contributed by atoms with van der Waals surface area (Å²) in [4.78, 5) is 14.5. The summed E-state index contributed by atoms with van der Waals surface area (Å²) in [6.07, 6.45) is 3.17. The van der Waals surface area contributed by atoms with E-state index in [0.29, 0.717) is 32.1 Å². The number of hydrogen-bond donors (Lipinski definition) is 0. The van der Waals surface area contributed by atoms with Crippen LogP contribution in [0.5, 0.6) is 0 Å². The van der Waals surface area contributed by atoms with E-state index in [-0.39, 0.29) is 18.3 Å². The number of carbonyl (C=O) groups excluding carboxylic acids is 1. The molecule has 2 aromatic heterocycles. The summed E-state index contributed by atoms with van der Waals surface area (Å²) in [5.41, 5.74) is 0.373. The van der Waals surface area contributed by atoms with Crippen molar-refractivity contribution in [2.45, 2.75) is 6.54 Å². The summed E-state index contributed by atoms with van der Waals surface area (Å²) in [5.74, 6) is 0.947. The van der Waals surface area contributed by atoms with Crippen molar-refractivity contribution in [3.63, 3.8) is 0 Å². The van der Waals surface area contributed by atoms with Gasteiger partial charge >= 0.3 is 0 Å². The molecule has 0 aliphatic carbocycles. The van der Waals surface area contributed by atoms with Gasteiger partial charge in [0.25, 0.3) is 5.91 Å². The minimum atomic E-state index is -0.363. The first-order valence-corrected chi connectivity index (χ1v) is 8.97. The lowest BCUT2D eigenvalue weighted by molar-refractivity contribution is -0.122. The molecular formula is C19H12FNO3S2. The topological polar surface area (TPSA) is 46.6 Å². The Morgan fingerprint density at radius 3 is 2.77 bits per heavy atom. The molecule has 0 bridgehead atoms. The van der Waals surface area contributed by atoms with Gasteiger partial charge in [-0.3, -0.25) is 9.69 Å². The minimum Gasteiger partial charge on any atom is -0.467 e. The van der Waals surface area contributed by atoms with Gasteiger partial charge in [-0.1, -0.05) is 36.1 Å². The Bertz CT molecular complexity index is 1010. The third kappa shape index (κ3) is 3.23. The van der Waals surface area contributed by atoms with Crippen LogP contribution in [-0.4, -0.2) is 15.1 Å². The van der Waals surface area contributed by atoms with E-state index in [0.717, 1.165) is 0 Å². The monoisotopic (exact) mass is 385 g/mol. The highest BCUT2D eigenvalue weighted by atomic mass is 32.2. The normalized spacial score (nSPS) is 16.0. The number of amides is 1. The van der Waals surface area contributed by atoms with Gasteiger partial charge in [-0.15, -0.1) is 0 Å². The van der Waals surface area contributed by atoms with Crippen molar-refractivity contribution in [1.29, 1.82) is 0 Å². The smallest absolute Gasteiger partial charge is 0.266 e. The Labute approximate surface area is 158 Å². The van der Waals surface area contributed by atoms with Crippen molar-refractivity contribution in [3.8, 4) is 11.3 Å². The Morgan fingerprint density at radius 1 is 1.15 bits per heavy atom. The second kappa shape index (κ2) is 6.93. The van der Waals surface area contributed by atoms with Crippen LogP contribution >= 0.6 is 24.0 Å². The molecule has 4 rings (SSSR count). The lowest BCUT2D eigenvalue weighted by Crippen LogP contribution is -2.27. The molecule has 1 amide bonds. The Morgan fingerprint density at radius 2 is 2.00 bits per heavy atom. The summed E-state index contributed by atoms with van der Waals surface area (Å²) in [6, 6.07) is 13.3.